The number of benzene rings is 1. The molecular weight excluding hydrogens is 370 g/mol. The molecule has 4 unspecified atom stereocenters. The van der Waals surface area contributed by atoms with Crippen molar-refractivity contribution >= 4 is 5.91 Å². The number of aliphatic hydroxyl groups excluding tert-OH is 2. The lowest BCUT2D eigenvalue weighted by Gasteiger charge is -2.34. The summed E-state index contributed by atoms with van der Waals surface area (Å²) in [5, 5.41) is 20.8. The number of nitrogens with zero attached hydrogens (tertiary/aromatic N) is 1. The minimum Gasteiger partial charge on any atom is -0.493 e. The van der Waals surface area contributed by atoms with E-state index in [-0.39, 0.29) is 11.8 Å². The molecule has 0 bridgehead atoms. The second-order valence-corrected chi connectivity index (χ2v) is 8.92. The third-order valence-electron chi connectivity index (χ3n) is 6.61. The maximum absolute atomic E-state index is 12.7. The quantitative estimate of drug-likeness (QED) is 0.660. The smallest absolute Gasteiger partial charge is 0.251 e. The largest absolute Gasteiger partial charge is 0.493 e. The fourth-order valence-corrected chi connectivity index (χ4v) is 4.21. The van der Waals surface area contributed by atoms with Crippen LogP contribution in [0.3, 0.4) is 0 Å². The van der Waals surface area contributed by atoms with E-state index in [0.717, 1.165) is 12.0 Å². The average Bonchev–Trinajstić information content (AvgIpc) is 3.46. The first kappa shape index (κ1) is 21.9. The molecule has 1 saturated heterocycles. The van der Waals surface area contributed by atoms with Gasteiger partial charge < -0.3 is 24.6 Å². The van der Waals surface area contributed by atoms with E-state index in [0.29, 0.717) is 43.5 Å². The second kappa shape index (κ2) is 8.92. The van der Waals surface area contributed by atoms with Gasteiger partial charge in [0, 0.05) is 24.4 Å². The van der Waals surface area contributed by atoms with E-state index in [1.807, 2.05) is 32.0 Å². The summed E-state index contributed by atoms with van der Waals surface area (Å²) in [5.74, 6) is 1.72. The molecule has 1 aromatic rings. The topological polar surface area (TPSA) is 79.2 Å². The molecule has 1 aliphatic carbocycles. The van der Waals surface area contributed by atoms with Crippen LogP contribution in [0.25, 0.3) is 0 Å². The van der Waals surface area contributed by atoms with E-state index in [4.69, 9.17) is 9.47 Å². The summed E-state index contributed by atoms with van der Waals surface area (Å²) in [6.45, 7) is 7.30. The molecule has 29 heavy (non-hydrogen) atoms. The van der Waals surface area contributed by atoms with Gasteiger partial charge in [0.1, 0.15) is 6.10 Å². The van der Waals surface area contributed by atoms with E-state index in [2.05, 4.69) is 0 Å². The van der Waals surface area contributed by atoms with Crippen molar-refractivity contribution < 1.29 is 24.5 Å². The van der Waals surface area contributed by atoms with Gasteiger partial charge >= 0.3 is 0 Å². The molecule has 2 aliphatic rings. The Morgan fingerprint density at radius 1 is 1.31 bits per heavy atom. The average molecular weight is 406 g/mol. The first-order chi connectivity index (χ1) is 13.8. The van der Waals surface area contributed by atoms with Crippen molar-refractivity contribution in [1.82, 2.24) is 4.90 Å². The number of amides is 1. The molecule has 1 amide bonds. The monoisotopic (exact) mass is 405 g/mol. The summed E-state index contributed by atoms with van der Waals surface area (Å²) in [4.78, 5) is 14.4. The van der Waals surface area contributed by atoms with Crippen molar-refractivity contribution in [2.45, 2.75) is 64.6 Å². The zero-order chi connectivity index (χ0) is 21.2. The molecule has 1 aliphatic heterocycles. The number of methoxy groups -OCH3 is 1. The van der Waals surface area contributed by atoms with Gasteiger partial charge in [0.15, 0.2) is 11.5 Å². The van der Waals surface area contributed by atoms with E-state index >= 15 is 0 Å². The van der Waals surface area contributed by atoms with Crippen molar-refractivity contribution in [2.75, 3.05) is 26.8 Å². The molecule has 162 valence electrons. The Balaban J connectivity index is 1.86. The molecule has 1 saturated carbocycles. The number of hydrogen-bond donors (Lipinski definition) is 2. The van der Waals surface area contributed by atoms with E-state index in [1.165, 1.54) is 12.8 Å². The Bertz CT molecular complexity index is 717. The molecule has 2 N–H and O–H groups in total. The van der Waals surface area contributed by atoms with Crippen LogP contribution < -0.4 is 9.47 Å². The molecule has 0 radical (unpaired) electrons. The molecule has 0 aromatic heterocycles. The van der Waals surface area contributed by atoms with Crippen LogP contribution >= 0.6 is 0 Å². The molecule has 3 rings (SSSR count). The number of carbonyl (C=O) groups excluding carboxylic acids is 1. The standard InChI is InChI=1S/C23H35NO5/c1-5-6-19(26)22(27)24-12-18(23(3,14-24)15(2)25)17-9-10-20(28-4)21(11-17)29-13-16-7-8-16/h9-11,15-16,18-19,25-26H,5-8,12-14H2,1-4H3. The van der Waals surface area contributed by atoms with E-state index in [9.17, 15) is 15.0 Å². The van der Waals surface area contributed by atoms with Crippen LogP contribution in [0.5, 0.6) is 11.5 Å². The first-order valence-electron chi connectivity index (χ1n) is 10.8. The summed E-state index contributed by atoms with van der Waals surface area (Å²) >= 11 is 0. The highest BCUT2D eigenvalue weighted by Gasteiger charge is 2.49. The van der Waals surface area contributed by atoms with Crippen LogP contribution in [0.1, 0.15) is 57.9 Å². The number of aliphatic hydroxyl groups is 2. The van der Waals surface area contributed by atoms with Gasteiger partial charge in [-0.1, -0.05) is 26.3 Å². The summed E-state index contributed by atoms with van der Waals surface area (Å²) in [6.07, 6.45) is 2.03. The molecule has 4 atom stereocenters. The predicted octanol–water partition coefficient (Wildman–Crippen LogP) is 2.96. The zero-order valence-electron chi connectivity index (χ0n) is 18.1. The lowest BCUT2D eigenvalue weighted by atomic mass is 9.72. The van der Waals surface area contributed by atoms with Crippen molar-refractivity contribution in [3.63, 3.8) is 0 Å². The van der Waals surface area contributed by atoms with Crippen LogP contribution in [0.15, 0.2) is 18.2 Å². The number of likely N-dealkylation sites (tertiary alicyclic amines) is 1. The normalized spacial score (nSPS) is 26.3. The predicted molar refractivity (Wildman–Crippen MR) is 111 cm³/mol. The SMILES string of the molecule is CCCC(O)C(=O)N1CC(c2ccc(OC)c(OCC3CC3)c2)C(C)(C(C)O)C1. The lowest BCUT2D eigenvalue weighted by molar-refractivity contribution is -0.140. The maximum Gasteiger partial charge on any atom is 0.251 e. The third kappa shape index (κ3) is 4.69. The minimum absolute atomic E-state index is 0.0607. The van der Waals surface area contributed by atoms with Gasteiger partial charge in [-0.2, -0.15) is 0 Å². The molecular formula is C23H35NO5. The molecule has 6 heteroatoms. The highest BCUT2D eigenvalue weighted by Crippen LogP contribution is 2.47. The Morgan fingerprint density at radius 3 is 2.62 bits per heavy atom. The molecule has 1 aromatic carbocycles. The minimum atomic E-state index is -0.981. The van der Waals surface area contributed by atoms with Crippen molar-refractivity contribution in [2.24, 2.45) is 11.3 Å². The fraction of sp³-hybridized carbons (Fsp3) is 0.696. The summed E-state index contributed by atoms with van der Waals surface area (Å²) in [6, 6.07) is 5.88. The van der Waals surface area contributed by atoms with Gasteiger partial charge in [0.05, 0.1) is 19.8 Å². The van der Waals surface area contributed by atoms with Crippen molar-refractivity contribution in [3.05, 3.63) is 23.8 Å². The summed E-state index contributed by atoms with van der Waals surface area (Å²) in [5.41, 5.74) is 0.504. The Kier molecular flexibility index (Phi) is 6.74. The highest BCUT2D eigenvalue weighted by molar-refractivity contribution is 5.81. The van der Waals surface area contributed by atoms with Gasteiger partial charge in [0.25, 0.3) is 5.91 Å². The second-order valence-electron chi connectivity index (χ2n) is 8.92. The van der Waals surface area contributed by atoms with Crippen molar-refractivity contribution in [3.8, 4) is 11.5 Å². The van der Waals surface area contributed by atoms with Crippen LogP contribution in [0, 0.1) is 11.3 Å². The van der Waals surface area contributed by atoms with E-state index < -0.39 is 17.6 Å². The number of rotatable bonds is 9. The van der Waals surface area contributed by atoms with Gasteiger partial charge in [-0.25, -0.2) is 0 Å². The Labute approximate surface area is 173 Å². The molecule has 6 nitrogen and oxygen atoms in total. The van der Waals surface area contributed by atoms with Crippen LogP contribution in [0.2, 0.25) is 0 Å². The van der Waals surface area contributed by atoms with E-state index in [1.54, 1.807) is 18.9 Å². The summed E-state index contributed by atoms with van der Waals surface area (Å²) in [7, 11) is 1.63. The first-order valence-corrected chi connectivity index (χ1v) is 10.8. The third-order valence-corrected chi connectivity index (χ3v) is 6.61. The van der Waals surface area contributed by atoms with Crippen LogP contribution in [-0.4, -0.2) is 60.0 Å². The number of hydrogen-bond acceptors (Lipinski definition) is 5. The number of ether oxygens (including phenoxy) is 2. The Hall–Kier alpha value is -1.79. The van der Waals surface area contributed by atoms with Gasteiger partial charge in [0.2, 0.25) is 0 Å². The van der Waals surface area contributed by atoms with Crippen LogP contribution in [-0.2, 0) is 4.79 Å². The van der Waals surface area contributed by atoms with Gasteiger partial charge in [-0.3, -0.25) is 4.79 Å². The number of carbonyl (C=O) groups is 1. The van der Waals surface area contributed by atoms with Gasteiger partial charge in [-0.15, -0.1) is 0 Å². The Morgan fingerprint density at radius 2 is 2.03 bits per heavy atom. The molecule has 2 fully saturated rings. The zero-order valence-corrected chi connectivity index (χ0v) is 18.1. The van der Waals surface area contributed by atoms with Crippen LogP contribution in [0.4, 0.5) is 0 Å². The molecule has 1 heterocycles. The van der Waals surface area contributed by atoms with Gasteiger partial charge in [-0.05, 0) is 49.8 Å². The fourth-order valence-electron chi connectivity index (χ4n) is 4.21. The molecule has 0 spiro atoms. The lowest BCUT2D eigenvalue weighted by Crippen LogP contribution is -2.41. The maximum atomic E-state index is 12.7. The summed E-state index contributed by atoms with van der Waals surface area (Å²) < 4.78 is 11.5. The highest BCUT2D eigenvalue weighted by atomic mass is 16.5. The van der Waals surface area contributed by atoms with Crippen molar-refractivity contribution in [1.29, 1.82) is 0 Å².